The Balaban J connectivity index is 2.43. The lowest BCUT2D eigenvalue weighted by molar-refractivity contribution is 0.0474. The standard InChI is InChI=1S/C11H10BrF2NO4S/c12-6-3-7(13)8(9(14)10(6)20(15,17)18)11(16)19-4-5-1-2-5/h3,5H,1-2,4H2,(H2,15,17,18). The van der Waals surface area contributed by atoms with E-state index in [9.17, 15) is 22.0 Å². The minimum absolute atomic E-state index is 0.0541. The van der Waals surface area contributed by atoms with Gasteiger partial charge in [0.25, 0.3) is 0 Å². The van der Waals surface area contributed by atoms with E-state index >= 15 is 0 Å². The van der Waals surface area contributed by atoms with Crippen molar-refractivity contribution in [3.05, 3.63) is 27.7 Å². The number of halogens is 3. The number of hydrogen-bond acceptors (Lipinski definition) is 4. The van der Waals surface area contributed by atoms with E-state index in [2.05, 4.69) is 15.9 Å². The molecule has 0 bridgehead atoms. The quantitative estimate of drug-likeness (QED) is 0.821. The van der Waals surface area contributed by atoms with Crippen molar-refractivity contribution in [2.75, 3.05) is 6.61 Å². The number of benzene rings is 1. The average Bonchev–Trinajstić information content (AvgIpc) is 3.06. The van der Waals surface area contributed by atoms with Gasteiger partial charge in [-0.15, -0.1) is 0 Å². The SMILES string of the molecule is NS(=O)(=O)c1c(Br)cc(F)c(C(=O)OCC2CC2)c1F. The smallest absolute Gasteiger partial charge is 0.344 e. The van der Waals surface area contributed by atoms with E-state index in [1.807, 2.05) is 0 Å². The minimum Gasteiger partial charge on any atom is -0.462 e. The van der Waals surface area contributed by atoms with Crippen LogP contribution in [0.5, 0.6) is 0 Å². The second-order valence-electron chi connectivity index (χ2n) is 4.45. The Morgan fingerprint density at radius 2 is 2.05 bits per heavy atom. The first-order valence-electron chi connectivity index (χ1n) is 5.59. The van der Waals surface area contributed by atoms with Gasteiger partial charge in [-0.1, -0.05) is 0 Å². The zero-order chi connectivity index (χ0) is 15.1. The van der Waals surface area contributed by atoms with E-state index in [1.165, 1.54) is 0 Å². The van der Waals surface area contributed by atoms with E-state index in [0.29, 0.717) is 6.07 Å². The molecule has 2 rings (SSSR count). The van der Waals surface area contributed by atoms with Gasteiger partial charge in [0.15, 0.2) is 5.82 Å². The molecular formula is C11H10BrF2NO4S. The van der Waals surface area contributed by atoms with Crippen molar-refractivity contribution in [3.63, 3.8) is 0 Å². The van der Waals surface area contributed by atoms with E-state index in [-0.39, 0.29) is 12.5 Å². The first kappa shape index (κ1) is 15.3. The molecular weight excluding hydrogens is 360 g/mol. The maximum Gasteiger partial charge on any atom is 0.344 e. The van der Waals surface area contributed by atoms with Crippen LogP contribution in [0.25, 0.3) is 0 Å². The second-order valence-corrected chi connectivity index (χ2v) is 6.80. The van der Waals surface area contributed by atoms with Crippen LogP contribution in [0.3, 0.4) is 0 Å². The first-order chi connectivity index (χ1) is 9.21. The summed E-state index contributed by atoms with van der Waals surface area (Å²) in [4.78, 5) is 10.7. The van der Waals surface area contributed by atoms with E-state index < -0.39 is 42.6 Å². The molecule has 0 saturated heterocycles. The molecule has 1 aliphatic carbocycles. The number of carbonyl (C=O) groups is 1. The van der Waals surface area contributed by atoms with Crippen LogP contribution in [0.2, 0.25) is 0 Å². The Morgan fingerprint density at radius 3 is 2.55 bits per heavy atom. The van der Waals surface area contributed by atoms with Gasteiger partial charge in [-0.2, -0.15) is 0 Å². The highest BCUT2D eigenvalue weighted by molar-refractivity contribution is 9.10. The number of sulfonamides is 1. The van der Waals surface area contributed by atoms with Crippen molar-refractivity contribution >= 4 is 31.9 Å². The van der Waals surface area contributed by atoms with Crippen LogP contribution >= 0.6 is 15.9 Å². The van der Waals surface area contributed by atoms with Crippen molar-refractivity contribution in [3.8, 4) is 0 Å². The van der Waals surface area contributed by atoms with Gasteiger partial charge in [0.2, 0.25) is 10.0 Å². The molecule has 0 aliphatic heterocycles. The predicted molar refractivity (Wildman–Crippen MR) is 68.4 cm³/mol. The number of nitrogens with two attached hydrogens (primary N) is 1. The maximum absolute atomic E-state index is 14.1. The van der Waals surface area contributed by atoms with Crippen molar-refractivity contribution < 1.29 is 26.7 Å². The summed E-state index contributed by atoms with van der Waals surface area (Å²) in [5.74, 6) is -3.81. The molecule has 2 N–H and O–H groups in total. The second kappa shape index (κ2) is 5.38. The summed E-state index contributed by atoms with van der Waals surface area (Å²) in [6.07, 6.45) is 1.78. The monoisotopic (exact) mass is 369 g/mol. The molecule has 1 aromatic carbocycles. The van der Waals surface area contributed by atoms with Crippen LogP contribution in [0.4, 0.5) is 8.78 Å². The van der Waals surface area contributed by atoms with Crippen LogP contribution < -0.4 is 5.14 Å². The van der Waals surface area contributed by atoms with Gasteiger partial charge in [-0.05, 0) is 40.8 Å². The van der Waals surface area contributed by atoms with Gasteiger partial charge >= 0.3 is 5.97 Å². The molecule has 1 aromatic rings. The molecule has 0 atom stereocenters. The van der Waals surface area contributed by atoms with Crippen LogP contribution in [-0.2, 0) is 14.8 Å². The molecule has 0 aromatic heterocycles. The molecule has 1 fully saturated rings. The molecule has 0 radical (unpaired) electrons. The van der Waals surface area contributed by atoms with E-state index in [1.54, 1.807) is 0 Å². The Kier molecular flexibility index (Phi) is 4.12. The molecule has 0 unspecified atom stereocenters. The molecule has 0 heterocycles. The number of hydrogen-bond donors (Lipinski definition) is 1. The Labute approximate surface area is 122 Å². The number of ether oxygens (including phenoxy) is 1. The number of carbonyl (C=O) groups excluding carboxylic acids is 1. The third-order valence-corrected chi connectivity index (χ3v) is 4.62. The van der Waals surface area contributed by atoms with Gasteiger partial charge in [0, 0.05) is 4.47 Å². The Bertz CT molecular complexity index is 673. The van der Waals surface area contributed by atoms with Crippen LogP contribution in [0, 0.1) is 17.6 Å². The van der Waals surface area contributed by atoms with Crippen LogP contribution in [-0.4, -0.2) is 21.0 Å². The summed E-state index contributed by atoms with van der Waals surface area (Å²) >= 11 is 2.70. The van der Waals surface area contributed by atoms with Crippen molar-refractivity contribution in [1.82, 2.24) is 0 Å². The lowest BCUT2D eigenvalue weighted by Gasteiger charge is -2.10. The summed E-state index contributed by atoms with van der Waals surface area (Å²) < 4.78 is 54.6. The number of rotatable bonds is 4. The summed E-state index contributed by atoms with van der Waals surface area (Å²) in [5.41, 5.74) is -1.06. The third kappa shape index (κ3) is 3.15. The fourth-order valence-corrected chi connectivity index (χ4v) is 3.30. The number of primary sulfonamides is 1. The first-order valence-corrected chi connectivity index (χ1v) is 7.93. The van der Waals surface area contributed by atoms with Crippen LogP contribution in [0.15, 0.2) is 15.4 Å². The molecule has 9 heteroatoms. The van der Waals surface area contributed by atoms with Gasteiger partial charge in [-0.3, -0.25) is 0 Å². The highest BCUT2D eigenvalue weighted by atomic mass is 79.9. The number of esters is 1. The lowest BCUT2D eigenvalue weighted by atomic mass is 10.2. The summed E-state index contributed by atoms with van der Waals surface area (Å²) in [6, 6.07) is 0.663. The van der Waals surface area contributed by atoms with Gasteiger partial charge in [-0.25, -0.2) is 27.1 Å². The molecule has 0 spiro atoms. The molecule has 20 heavy (non-hydrogen) atoms. The van der Waals surface area contributed by atoms with E-state index in [0.717, 1.165) is 12.8 Å². The van der Waals surface area contributed by atoms with Crippen molar-refractivity contribution in [1.29, 1.82) is 0 Å². The highest BCUT2D eigenvalue weighted by Crippen LogP contribution is 2.31. The lowest BCUT2D eigenvalue weighted by Crippen LogP contribution is -2.19. The van der Waals surface area contributed by atoms with Crippen molar-refractivity contribution in [2.24, 2.45) is 11.1 Å². The Hall–Kier alpha value is -1.06. The Morgan fingerprint density at radius 1 is 1.45 bits per heavy atom. The summed E-state index contributed by atoms with van der Waals surface area (Å²) in [6.45, 7) is 0.0541. The maximum atomic E-state index is 14.1. The zero-order valence-electron chi connectivity index (χ0n) is 10.0. The highest BCUT2D eigenvalue weighted by Gasteiger charge is 2.30. The molecule has 110 valence electrons. The zero-order valence-corrected chi connectivity index (χ0v) is 12.4. The van der Waals surface area contributed by atoms with E-state index in [4.69, 9.17) is 9.88 Å². The van der Waals surface area contributed by atoms with Gasteiger partial charge < -0.3 is 4.74 Å². The summed E-state index contributed by atoms with van der Waals surface area (Å²) in [5, 5.41) is 4.84. The third-order valence-electron chi connectivity index (χ3n) is 2.76. The minimum atomic E-state index is -4.45. The molecule has 1 saturated carbocycles. The predicted octanol–water partition coefficient (Wildman–Crippen LogP) is 1.94. The fourth-order valence-electron chi connectivity index (χ4n) is 1.57. The average molecular weight is 370 g/mol. The van der Waals surface area contributed by atoms with Gasteiger partial charge in [0.1, 0.15) is 16.3 Å². The van der Waals surface area contributed by atoms with Gasteiger partial charge in [0.05, 0.1) is 6.61 Å². The van der Waals surface area contributed by atoms with Crippen molar-refractivity contribution in [2.45, 2.75) is 17.7 Å². The molecule has 1 aliphatic rings. The largest absolute Gasteiger partial charge is 0.462 e. The fraction of sp³-hybridized carbons (Fsp3) is 0.364. The topological polar surface area (TPSA) is 86.5 Å². The molecule has 5 nitrogen and oxygen atoms in total. The molecule has 0 amide bonds. The normalized spacial score (nSPS) is 15.2. The van der Waals surface area contributed by atoms with Crippen LogP contribution in [0.1, 0.15) is 23.2 Å². The summed E-state index contributed by atoms with van der Waals surface area (Å²) in [7, 11) is -4.45.